The maximum absolute atomic E-state index is 13.2. The van der Waals surface area contributed by atoms with Gasteiger partial charge < -0.3 is 9.47 Å². The summed E-state index contributed by atoms with van der Waals surface area (Å²) in [7, 11) is -1.07. The number of ether oxygens (including phenoxy) is 2. The number of methoxy groups -OCH3 is 2. The summed E-state index contributed by atoms with van der Waals surface area (Å²) in [4.78, 5) is 12.4. The van der Waals surface area contributed by atoms with Crippen molar-refractivity contribution in [3.05, 3.63) is 53.1 Å². The third kappa shape index (κ3) is 3.67. The second kappa shape index (κ2) is 7.78. The number of carbonyl (C=O) groups is 1. The molecular formula is C19H23NO5S. The van der Waals surface area contributed by atoms with Gasteiger partial charge in [-0.05, 0) is 62.2 Å². The van der Waals surface area contributed by atoms with E-state index in [1.54, 1.807) is 32.0 Å². The average Bonchev–Trinajstić information content (AvgIpc) is 2.62. The summed E-state index contributed by atoms with van der Waals surface area (Å²) in [5, 5.41) is 0. The Hall–Kier alpha value is -2.54. The van der Waals surface area contributed by atoms with Crippen LogP contribution in [0.15, 0.2) is 41.3 Å². The van der Waals surface area contributed by atoms with E-state index in [1.807, 2.05) is 13.0 Å². The molecule has 0 aliphatic heterocycles. The Morgan fingerprint density at radius 2 is 1.69 bits per heavy atom. The molecule has 0 saturated carbocycles. The number of nitrogens with zero attached hydrogens (tertiary/aromatic N) is 1. The maximum atomic E-state index is 13.2. The van der Waals surface area contributed by atoms with Crippen LogP contribution in [0.1, 0.15) is 28.4 Å². The number of benzene rings is 2. The highest BCUT2D eigenvalue weighted by atomic mass is 32.2. The summed E-state index contributed by atoms with van der Waals surface area (Å²) in [5.74, 6) is -0.0102. The van der Waals surface area contributed by atoms with E-state index >= 15 is 0 Å². The van der Waals surface area contributed by atoms with Gasteiger partial charge in [0, 0.05) is 6.54 Å². The minimum Gasteiger partial charge on any atom is -0.497 e. The van der Waals surface area contributed by atoms with Gasteiger partial charge in [-0.3, -0.25) is 4.31 Å². The topological polar surface area (TPSA) is 72.9 Å². The highest BCUT2D eigenvalue weighted by Crippen LogP contribution is 2.32. The normalized spacial score (nSPS) is 11.1. The molecule has 140 valence electrons. The van der Waals surface area contributed by atoms with Gasteiger partial charge in [-0.2, -0.15) is 0 Å². The van der Waals surface area contributed by atoms with E-state index in [0.29, 0.717) is 17.0 Å². The Morgan fingerprint density at radius 1 is 1.08 bits per heavy atom. The minimum atomic E-state index is -3.86. The summed E-state index contributed by atoms with van der Waals surface area (Å²) in [5.41, 5.74) is 2.10. The third-order valence-electron chi connectivity index (χ3n) is 4.03. The van der Waals surface area contributed by atoms with Crippen LogP contribution in [-0.4, -0.2) is 35.2 Å². The van der Waals surface area contributed by atoms with Crippen molar-refractivity contribution in [1.29, 1.82) is 0 Å². The molecule has 0 aliphatic rings. The van der Waals surface area contributed by atoms with E-state index in [1.165, 1.54) is 30.7 Å². The Labute approximate surface area is 154 Å². The molecule has 7 heteroatoms. The van der Waals surface area contributed by atoms with Crippen LogP contribution in [-0.2, 0) is 14.8 Å². The van der Waals surface area contributed by atoms with E-state index < -0.39 is 16.0 Å². The van der Waals surface area contributed by atoms with Crippen molar-refractivity contribution in [2.45, 2.75) is 25.7 Å². The number of aryl methyl sites for hydroxylation is 2. The third-order valence-corrected chi connectivity index (χ3v) is 5.92. The van der Waals surface area contributed by atoms with Crippen molar-refractivity contribution in [3.8, 4) is 5.75 Å². The first kappa shape index (κ1) is 19.8. The Kier molecular flexibility index (Phi) is 5.92. The van der Waals surface area contributed by atoms with E-state index in [-0.39, 0.29) is 17.0 Å². The van der Waals surface area contributed by atoms with Crippen molar-refractivity contribution < 1.29 is 22.7 Å². The van der Waals surface area contributed by atoms with Crippen LogP contribution >= 0.6 is 0 Å². The molecule has 0 aliphatic carbocycles. The second-order valence-electron chi connectivity index (χ2n) is 5.81. The molecule has 0 amide bonds. The van der Waals surface area contributed by atoms with E-state index in [2.05, 4.69) is 0 Å². The first-order valence-corrected chi connectivity index (χ1v) is 9.56. The van der Waals surface area contributed by atoms with Gasteiger partial charge in [0.1, 0.15) is 5.75 Å². The Bertz CT molecular complexity index is 904. The molecule has 26 heavy (non-hydrogen) atoms. The molecule has 0 atom stereocenters. The monoisotopic (exact) mass is 377 g/mol. The number of rotatable bonds is 6. The van der Waals surface area contributed by atoms with E-state index in [4.69, 9.17) is 9.47 Å². The van der Waals surface area contributed by atoms with Gasteiger partial charge in [0.25, 0.3) is 10.0 Å². The zero-order valence-electron chi connectivity index (χ0n) is 15.6. The Morgan fingerprint density at radius 3 is 2.19 bits per heavy atom. The lowest BCUT2D eigenvalue weighted by Crippen LogP contribution is -2.33. The summed E-state index contributed by atoms with van der Waals surface area (Å²) >= 11 is 0. The first-order valence-electron chi connectivity index (χ1n) is 8.12. The SMILES string of the molecule is CCN(c1c(C)cc(C)cc1C(=O)OC)S(=O)(=O)c1ccc(OC)cc1. The standard InChI is InChI=1S/C19H23NO5S/c1-6-20(26(22,23)16-9-7-15(24-4)8-10-16)18-14(3)11-13(2)12-17(18)19(21)25-5/h7-12H,6H2,1-5H3. The molecule has 0 spiro atoms. The van der Waals surface area contributed by atoms with Gasteiger partial charge in [-0.25, -0.2) is 13.2 Å². The minimum absolute atomic E-state index is 0.121. The number of anilines is 1. The van der Waals surface area contributed by atoms with Crippen LogP contribution in [0, 0.1) is 13.8 Å². The number of carbonyl (C=O) groups excluding carboxylic acids is 1. The van der Waals surface area contributed by atoms with Gasteiger partial charge in [0.2, 0.25) is 0 Å². The molecule has 0 bridgehead atoms. The van der Waals surface area contributed by atoms with Gasteiger partial charge in [-0.15, -0.1) is 0 Å². The van der Waals surface area contributed by atoms with E-state index in [0.717, 1.165) is 5.56 Å². The highest BCUT2D eigenvalue weighted by Gasteiger charge is 2.29. The zero-order chi connectivity index (χ0) is 19.5. The molecule has 0 unspecified atom stereocenters. The molecule has 0 aromatic heterocycles. The van der Waals surface area contributed by atoms with Crippen LogP contribution in [0.4, 0.5) is 5.69 Å². The first-order chi connectivity index (χ1) is 12.3. The number of hydrogen-bond donors (Lipinski definition) is 0. The molecule has 0 heterocycles. The highest BCUT2D eigenvalue weighted by molar-refractivity contribution is 7.92. The van der Waals surface area contributed by atoms with Gasteiger partial charge in [-0.1, -0.05) is 6.07 Å². The van der Waals surface area contributed by atoms with Crippen molar-refractivity contribution in [3.63, 3.8) is 0 Å². The van der Waals surface area contributed by atoms with Crippen molar-refractivity contribution in [2.24, 2.45) is 0 Å². The van der Waals surface area contributed by atoms with Crippen LogP contribution in [0.5, 0.6) is 5.75 Å². The summed E-state index contributed by atoms with van der Waals surface area (Å²) in [6.07, 6.45) is 0. The largest absolute Gasteiger partial charge is 0.497 e. The molecule has 2 aromatic carbocycles. The van der Waals surface area contributed by atoms with Crippen LogP contribution in [0.2, 0.25) is 0 Å². The molecule has 2 aromatic rings. The molecule has 0 radical (unpaired) electrons. The molecule has 6 nitrogen and oxygen atoms in total. The fraction of sp³-hybridized carbons (Fsp3) is 0.316. The van der Waals surface area contributed by atoms with Gasteiger partial charge in [0.15, 0.2) is 0 Å². The lowest BCUT2D eigenvalue weighted by atomic mass is 10.0. The van der Waals surface area contributed by atoms with Crippen LogP contribution in [0.3, 0.4) is 0 Å². The number of hydrogen-bond acceptors (Lipinski definition) is 5. The summed E-state index contributed by atoms with van der Waals surface area (Å²) in [6, 6.07) is 9.62. The molecule has 0 saturated heterocycles. The fourth-order valence-corrected chi connectivity index (χ4v) is 4.44. The number of sulfonamides is 1. The quantitative estimate of drug-likeness (QED) is 0.722. The molecule has 0 fully saturated rings. The Balaban J connectivity index is 2.65. The van der Waals surface area contributed by atoms with Crippen molar-refractivity contribution in [1.82, 2.24) is 0 Å². The smallest absolute Gasteiger partial charge is 0.340 e. The molecule has 0 N–H and O–H groups in total. The predicted octanol–water partition coefficient (Wildman–Crippen LogP) is 3.31. The average molecular weight is 377 g/mol. The lowest BCUT2D eigenvalue weighted by molar-refractivity contribution is 0.0601. The van der Waals surface area contributed by atoms with Crippen molar-refractivity contribution >= 4 is 21.7 Å². The van der Waals surface area contributed by atoms with Crippen LogP contribution < -0.4 is 9.04 Å². The molecular weight excluding hydrogens is 354 g/mol. The summed E-state index contributed by atoms with van der Waals surface area (Å²) in [6.45, 7) is 5.52. The van der Waals surface area contributed by atoms with Gasteiger partial charge in [0.05, 0.1) is 30.4 Å². The second-order valence-corrected chi connectivity index (χ2v) is 7.68. The number of esters is 1. The van der Waals surface area contributed by atoms with Crippen LogP contribution in [0.25, 0.3) is 0 Å². The van der Waals surface area contributed by atoms with Gasteiger partial charge >= 0.3 is 5.97 Å². The fourth-order valence-electron chi connectivity index (χ4n) is 2.88. The molecule has 2 rings (SSSR count). The van der Waals surface area contributed by atoms with E-state index in [9.17, 15) is 13.2 Å². The lowest BCUT2D eigenvalue weighted by Gasteiger charge is -2.27. The zero-order valence-corrected chi connectivity index (χ0v) is 16.4. The predicted molar refractivity (Wildman–Crippen MR) is 100 cm³/mol. The van der Waals surface area contributed by atoms with Crippen molar-refractivity contribution in [2.75, 3.05) is 25.1 Å². The maximum Gasteiger partial charge on any atom is 0.340 e. The summed E-state index contributed by atoms with van der Waals surface area (Å²) < 4.78 is 37.6.